The van der Waals surface area contributed by atoms with Crippen LogP contribution in [0.15, 0.2) is 72.8 Å². The number of esters is 1. The van der Waals surface area contributed by atoms with Gasteiger partial charge >= 0.3 is 5.97 Å². The van der Waals surface area contributed by atoms with Crippen LogP contribution in [0.1, 0.15) is 18.1 Å². The van der Waals surface area contributed by atoms with Crippen molar-refractivity contribution in [2.75, 3.05) is 14.2 Å². The van der Waals surface area contributed by atoms with Crippen LogP contribution in [0.2, 0.25) is 0 Å². The molecule has 0 bridgehead atoms. The summed E-state index contributed by atoms with van der Waals surface area (Å²) >= 11 is 0. The molecular weight excluding hydrogens is 452 g/mol. The van der Waals surface area contributed by atoms with Gasteiger partial charge in [0, 0.05) is 46.0 Å². The zero-order valence-electron chi connectivity index (χ0n) is 20.4. The van der Waals surface area contributed by atoms with Crippen LogP contribution in [-0.2, 0) is 22.7 Å². The van der Waals surface area contributed by atoms with Gasteiger partial charge in [-0.25, -0.2) is 0 Å². The molecule has 0 saturated carbocycles. The zero-order valence-corrected chi connectivity index (χ0v) is 20.4. The molecule has 0 amide bonds. The van der Waals surface area contributed by atoms with Gasteiger partial charge in [0.15, 0.2) is 0 Å². The highest BCUT2D eigenvalue weighted by Crippen LogP contribution is 2.38. The molecule has 0 saturated heterocycles. The van der Waals surface area contributed by atoms with Crippen LogP contribution in [0.5, 0.6) is 11.5 Å². The second-order valence-corrected chi connectivity index (χ2v) is 8.97. The molecule has 180 valence electrons. The van der Waals surface area contributed by atoms with Crippen molar-refractivity contribution < 1.29 is 19.0 Å². The number of carbonyl (C=O) groups is 1. The van der Waals surface area contributed by atoms with Gasteiger partial charge in [-0.2, -0.15) is 0 Å². The van der Waals surface area contributed by atoms with Crippen molar-refractivity contribution in [3.63, 3.8) is 0 Å². The summed E-state index contributed by atoms with van der Waals surface area (Å²) in [6, 6.07) is 25.0. The largest absolute Gasteiger partial charge is 0.495 e. The number of methoxy groups -OCH3 is 2. The number of H-pyrrole nitrogens is 1. The first-order valence-corrected chi connectivity index (χ1v) is 11.9. The average Bonchev–Trinajstić information content (AvgIpc) is 3.43. The number of fused-ring (bicyclic) bond motifs is 6. The van der Waals surface area contributed by atoms with Crippen LogP contribution in [-0.4, -0.2) is 29.7 Å². The summed E-state index contributed by atoms with van der Waals surface area (Å²) < 4.78 is 19.2. The van der Waals surface area contributed by atoms with E-state index in [1.54, 1.807) is 14.2 Å². The first kappa shape index (κ1) is 22.0. The molecule has 6 heteroatoms. The van der Waals surface area contributed by atoms with Crippen molar-refractivity contribution in [3.05, 3.63) is 83.9 Å². The van der Waals surface area contributed by atoms with E-state index in [-0.39, 0.29) is 12.6 Å². The van der Waals surface area contributed by atoms with Crippen LogP contribution in [0.3, 0.4) is 0 Å². The molecule has 6 aromatic rings. The average molecular weight is 479 g/mol. The Morgan fingerprint density at radius 2 is 1.50 bits per heavy atom. The van der Waals surface area contributed by atoms with Crippen molar-refractivity contribution in [1.29, 1.82) is 0 Å². The molecule has 0 radical (unpaired) electrons. The maximum Gasteiger partial charge on any atom is 0.302 e. The standard InChI is InChI=1S/C30H26N2O4/c1-18(33)36-17-20-13-24-22-9-5-7-11-26(22)32(30(24)28(15-20)35-3)16-19-12-23-21-8-4-6-10-25(21)31-29(23)27(14-19)34-2/h4-15,31H,16-17H2,1-3H3. The summed E-state index contributed by atoms with van der Waals surface area (Å²) in [7, 11) is 3.38. The minimum atomic E-state index is -0.307. The molecule has 36 heavy (non-hydrogen) atoms. The lowest BCUT2D eigenvalue weighted by molar-refractivity contribution is -0.142. The van der Waals surface area contributed by atoms with E-state index in [0.29, 0.717) is 6.54 Å². The van der Waals surface area contributed by atoms with E-state index >= 15 is 0 Å². The third-order valence-electron chi connectivity index (χ3n) is 6.75. The Hall–Kier alpha value is -4.45. The van der Waals surface area contributed by atoms with Crippen LogP contribution >= 0.6 is 0 Å². The van der Waals surface area contributed by atoms with Gasteiger partial charge in [-0.1, -0.05) is 36.4 Å². The smallest absolute Gasteiger partial charge is 0.302 e. The van der Waals surface area contributed by atoms with Crippen LogP contribution < -0.4 is 9.47 Å². The summed E-state index contributed by atoms with van der Waals surface area (Å²) in [5.74, 6) is 1.25. The SMILES string of the molecule is COc1cc(Cn2c3ccccc3c3cc(COC(C)=O)cc(OC)c32)cc2c1[nH]c1ccccc12. The Bertz CT molecular complexity index is 1780. The molecular formula is C30H26N2O4. The molecule has 2 aromatic heterocycles. The molecule has 0 aliphatic carbocycles. The van der Waals surface area contributed by atoms with Crippen LogP contribution in [0.4, 0.5) is 0 Å². The number of para-hydroxylation sites is 2. The number of benzene rings is 4. The quantitative estimate of drug-likeness (QED) is 0.276. The highest BCUT2D eigenvalue weighted by molar-refractivity contribution is 6.11. The molecule has 1 N–H and O–H groups in total. The normalized spacial score (nSPS) is 11.5. The third-order valence-corrected chi connectivity index (χ3v) is 6.75. The molecule has 0 spiro atoms. The molecule has 0 aliphatic heterocycles. The second-order valence-electron chi connectivity index (χ2n) is 8.97. The fourth-order valence-corrected chi connectivity index (χ4v) is 5.20. The third kappa shape index (κ3) is 3.53. The first-order valence-electron chi connectivity index (χ1n) is 11.9. The zero-order chi connectivity index (χ0) is 24.8. The molecule has 0 aliphatic rings. The van der Waals surface area contributed by atoms with Gasteiger partial charge in [-0.05, 0) is 47.5 Å². The van der Waals surface area contributed by atoms with E-state index in [9.17, 15) is 4.79 Å². The number of carbonyl (C=O) groups excluding carboxylic acids is 1. The Labute approximate surface area is 208 Å². The lowest BCUT2D eigenvalue weighted by atomic mass is 10.1. The number of aromatic amines is 1. The van der Waals surface area contributed by atoms with Crippen molar-refractivity contribution in [2.24, 2.45) is 0 Å². The van der Waals surface area contributed by atoms with E-state index in [0.717, 1.165) is 60.9 Å². The van der Waals surface area contributed by atoms with E-state index < -0.39 is 0 Å². The van der Waals surface area contributed by atoms with Crippen molar-refractivity contribution in [1.82, 2.24) is 9.55 Å². The molecule has 4 aromatic carbocycles. The fraction of sp³-hybridized carbons (Fsp3) is 0.167. The Kier molecular flexibility index (Phi) is 5.29. The minimum absolute atomic E-state index is 0.204. The van der Waals surface area contributed by atoms with Gasteiger partial charge in [-0.3, -0.25) is 4.79 Å². The summed E-state index contributed by atoms with van der Waals surface area (Å²) in [6.07, 6.45) is 0. The fourth-order valence-electron chi connectivity index (χ4n) is 5.20. The Balaban J connectivity index is 1.56. The summed E-state index contributed by atoms with van der Waals surface area (Å²) in [5.41, 5.74) is 6.20. The van der Waals surface area contributed by atoms with Gasteiger partial charge in [0.2, 0.25) is 0 Å². The number of hydrogen-bond donors (Lipinski definition) is 1. The molecule has 0 fully saturated rings. The number of rotatable bonds is 6. The van der Waals surface area contributed by atoms with Gasteiger partial charge in [0.1, 0.15) is 18.1 Å². The van der Waals surface area contributed by atoms with Crippen molar-refractivity contribution >= 4 is 49.6 Å². The highest BCUT2D eigenvalue weighted by Gasteiger charge is 2.18. The number of nitrogens with one attached hydrogen (secondary N) is 1. The summed E-state index contributed by atoms with van der Waals surface area (Å²) in [5, 5.41) is 4.49. The van der Waals surface area contributed by atoms with E-state index in [1.807, 2.05) is 24.3 Å². The molecule has 0 unspecified atom stereocenters. The van der Waals surface area contributed by atoms with E-state index in [1.165, 1.54) is 12.3 Å². The maximum absolute atomic E-state index is 11.4. The number of ether oxygens (including phenoxy) is 3. The summed E-state index contributed by atoms with van der Waals surface area (Å²) in [6.45, 7) is 2.26. The second kappa shape index (κ2) is 8.64. The van der Waals surface area contributed by atoms with Crippen molar-refractivity contribution in [3.8, 4) is 11.5 Å². The lowest BCUT2D eigenvalue weighted by Gasteiger charge is -2.13. The van der Waals surface area contributed by atoms with Gasteiger partial charge in [-0.15, -0.1) is 0 Å². The molecule has 0 atom stereocenters. The van der Waals surface area contributed by atoms with Gasteiger partial charge in [0.05, 0.1) is 25.3 Å². The Morgan fingerprint density at radius 1 is 0.806 bits per heavy atom. The monoisotopic (exact) mass is 478 g/mol. The maximum atomic E-state index is 11.4. The van der Waals surface area contributed by atoms with Crippen LogP contribution in [0.25, 0.3) is 43.6 Å². The number of nitrogens with zero attached hydrogens (tertiary/aromatic N) is 1. The number of hydrogen-bond acceptors (Lipinski definition) is 4. The van der Waals surface area contributed by atoms with Gasteiger partial charge < -0.3 is 23.8 Å². The molecule has 2 heterocycles. The Morgan fingerprint density at radius 3 is 2.28 bits per heavy atom. The highest BCUT2D eigenvalue weighted by atomic mass is 16.5. The first-order chi connectivity index (χ1) is 17.6. The predicted octanol–water partition coefficient (Wildman–Crippen LogP) is 6.56. The van der Waals surface area contributed by atoms with Crippen LogP contribution in [0, 0.1) is 0 Å². The number of aromatic nitrogens is 2. The minimum Gasteiger partial charge on any atom is -0.495 e. The summed E-state index contributed by atoms with van der Waals surface area (Å²) in [4.78, 5) is 14.9. The molecule has 6 nitrogen and oxygen atoms in total. The van der Waals surface area contributed by atoms with E-state index in [4.69, 9.17) is 14.2 Å². The van der Waals surface area contributed by atoms with Crippen molar-refractivity contribution in [2.45, 2.75) is 20.1 Å². The predicted molar refractivity (Wildman–Crippen MR) is 143 cm³/mol. The lowest BCUT2D eigenvalue weighted by Crippen LogP contribution is -2.03. The topological polar surface area (TPSA) is 65.5 Å². The molecule has 6 rings (SSSR count). The van der Waals surface area contributed by atoms with Gasteiger partial charge in [0.25, 0.3) is 0 Å². The van der Waals surface area contributed by atoms with E-state index in [2.05, 4.69) is 58.1 Å².